The van der Waals surface area contributed by atoms with Crippen LogP contribution in [0.25, 0.3) is 0 Å². The van der Waals surface area contributed by atoms with Gasteiger partial charge in [-0.3, -0.25) is 0 Å². The van der Waals surface area contributed by atoms with Crippen molar-refractivity contribution in [3.63, 3.8) is 0 Å². The van der Waals surface area contributed by atoms with E-state index < -0.39 is 11.9 Å². The van der Waals surface area contributed by atoms with Gasteiger partial charge in [0.15, 0.2) is 0 Å². The van der Waals surface area contributed by atoms with Gasteiger partial charge in [-0.2, -0.15) is 0 Å². The third kappa shape index (κ3) is 2.91. The van der Waals surface area contributed by atoms with Crippen LogP contribution in [-0.4, -0.2) is 12.2 Å². The Bertz CT molecular complexity index is 604. The van der Waals surface area contributed by atoms with Crippen molar-refractivity contribution in [2.24, 2.45) is 0 Å². The van der Waals surface area contributed by atoms with Crippen LogP contribution in [0.5, 0.6) is 5.75 Å². The first-order valence-electron chi connectivity index (χ1n) is 5.50. The van der Waals surface area contributed by atoms with Crippen molar-refractivity contribution in [2.75, 3.05) is 7.11 Å². The van der Waals surface area contributed by atoms with Gasteiger partial charge in [-0.25, -0.2) is 4.39 Å². The molecule has 0 aliphatic rings. The fourth-order valence-corrected chi connectivity index (χ4v) is 2.41. The van der Waals surface area contributed by atoms with Crippen molar-refractivity contribution in [2.45, 2.75) is 6.10 Å². The van der Waals surface area contributed by atoms with E-state index in [0.29, 0.717) is 20.8 Å². The van der Waals surface area contributed by atoms with Crippen LogP contribution in [-0.2, 0) is 0 Å². The van der Waals surface area contributed by atoms with Gasteiger partial charge in [0, 0.05) is 11.1 Å². The van der Waals surface area contributed by atoms with E-state index in [1.807, 2.05) is 0 Å². The smallest absolute Gasteiger partial charge is 0.143 e. The summed E-state index contributed by atoms with van der Waals surface area (Å²) in [5, 5.41) is 10.6. The molecule has 5 heteroatoms. The summed E-state index contributed by atoms with van der Waals surface area (Å²) < 4.78 is 19.3. The Morgan fingerprint density at radius 2 is 2.00 bits per heavy atom. The second-order valence-corrected chi connectivity index (χ2v) is 5.19. The summed E-state index contributed by atoms with van der Waals surface area (Å²) in [7, 11) is 1.52. The van der Waals surface area contributed by atoms with Gasteiger partial charge < -0.3 is 9.84 Å². The number of ether oxygens (including phenoxy) is 1. The number of aliphatic hydroxyl groups excluding tert-OH is 1. The zero-order valence-corrected chi connectivity index (χ0v) is 12.4. The molecule has 1 N–H and O–H groups in total. The van der Waals surface area contributed by atoms with E-state index in [4.69, 9.17) is 16.3 Å². The molecule has 2 aromatic rings. The molecular weight excluding hydrogens is 335 g/mol. The van der Waals surface area contributed by atoms with Gasteiger partial charge in [0.05, 0.1) is 16.6 Å². The van der Waals surface area contributed by atoms with Gasteiger partial charge in [0.1, 0.15) is 17.7 Å². The Labute approximate surface area is 123 Å². The van der Waals surface area contributed by atoms with Crippen LogP contribution in [0, 0.1) is 5.82 Å². The fraction of sp³-hybridized carbons (Fsp3) is 0.143. The molecule has 0 bridgehead atoms. The third-order valence-electron chi connectivity index (χ3n) is 2.78. The molecule has 0 heterocycles. The Hall–Kier alpha value is -1.10. The van der Waals surface area contributed by atoms with E-state index in [9.17, 15) is 9.50 Å². The molecular formula is C14H11BrClFO2. The van der Waals surface area contributed by atoms with Gasteiger partial charge in [0.25, 0.3) is 0 Å². The summed E-state index contributed by atoms with van der Waals surface area (Å²) in [6, 6.07) is 9.61. The van der Waals surface area contributed by atoms with E-state index in [-0.39, 0.29) is 5.56 Å². The van der Waals surface area contributed by atoms with Crippen LogP contribution in [0.2, 0.25) is 5.02 Å². The number of halogens is 3. The van der Waals surface area contributed by atoms with Crippen molar-refractivity contribution in [3.8, 4) is 5.75 Å². The Morgan fingerprint density at radius 1 is 1.26 bits per heavy atom. The summed E-state index contributed by atoms with van der Waals surface area (Å²) in [5.41, 5.74) is 0.598. The van der Waals surface area contributed by atoms with E-state index in [0.717, 1.165) is 0 Å². The molecule has 100 valence electrons. The quantitative estimate of drug-likeness (QED) is 0.897. The summed E-state index contributed by atoms with van der Waals surface area (Å²) in [6.45, 7) is 0. The molecule has 1 atom stereocenters. The molecule has 0 saturated heterocycles. The highest BCUT2D eigenvalue weighted by atomic mass is 79.9. The average Bonchev–Trinajstić information content (AvgIpc) is 2.41. The van der Waals surface area contributed by atoms with Crippen LogP contribution in [0.4, 0.5) is 4.39 Å². The van der Waals surface area contributed by atoms with Gasteiger partial charge in [0.2, 0.25) is 0 Å². The molecule has 0 fully saturated rings. The number of aliphatic hydroxyl groups is 1. The highest BCUT2D eigenvalue weighted by Gasteiger charge is 2.19. The van der Waals surface area contributed by atoms with E-state index in [1.165, 1.54) is 13.2 Å². The van der Waals surface area contributed by atoms with E-state index in [2.05, 4.69) is 15.9 Å². The lowest BCUT2D eigenvalue weighted by atomic mass is 10.0. The summed E-state index contributed by atoms with van der Waals surface area (Å²) >= 11 is 9.16. The first kappa shape index (κ1) is 14.3. The maximum Gasteiger partial charge on any atom is 0.143 e. The lowest BCUT2D eigenvalue weighted by Crippen LogP contribution is -2.04. The number of hydrogen-bond donors (Lipinski definition) is 1. The van der Waals surface area contributed by atoms with Gasteiger partial charge >= 0.3 is 0 Å². The zero-order chi connectivity index (χ0) is 14.0. The van der Waals surface area contributed by atoms with Crippen molar-refractivity contribution in [1.82, 2.24) is 0 Å². The van der Waals surface area contributed by atoms with Crippen LogP contribution in [0.3, 0.4) is 0 Å². The highest BCUT2D eigenvalue weighted by Crippen LogP contribution is 2.33. The number of rotatable bonds is 3. The minimum absolute atomic E-state index is 0.168. The minimum atomic E-state index is -1.13. The molecule has 0 spiro atoms. The Kier molecular flexibility index (Phi) is 4.45. The van der Waals surface area contributed by atoms with Crippen LogP contribution >= 0.6 is 27.5 Å². The van der Waals surface area contributed by atoms with E-state index >= 15 is 0 Å². The van der Waals surface area contributed by atoms with Gasteiger partial charge in [-0.15, -0.1) is 0 Å². The van der Waals surface area contributed by atoms with Gasteiger partial charge in [-0.1, -0.05) is 29.8 Å². The SMILES string of the molecule is COc1ccc(C(O)c2cccc(Br)c2F)c(Cl)c1. The van der Waals surface area contributed by atoms with Crippen molar-refractivity contribution in [3.05, 3.63) is 62.8 Å². The van der Waals surface area contributed by atoms with Crippen LogP contribution in [0.15, 0.2) is 40.9 Å². The molecule has 0 saturated carbocycles. The predicted molar refractivity (Wildman–Crippen MR) is 76.2 cm³/mol. The lowest BCUT2D eigenvalue weighted by Gasteiger charge is -2.15. The molecule has 0 aliphatic heterocycles. The summed E-state index contributed by atoms with van der Waals surface area (Å²) in [6.07, 6.45) is -1.13. The fourth-order valence-electron chi connectivity index (χ4n) is 1.76. The first-order valence-corrected chi connectivity index (χ1v) is 6.67. The molecule has 0 amide bonds. The number of hydrogen-bond acceptors (Lipinski definition) is 2. The number of methoxy groups -OCH3 is 1. The molecule has 19 heavy (non-hydrogen) atoms. The molecule has 0 aromatic heterocycles. The highest BCUT2D eigenvalue weighted by molar-refractivity contribution is 9.10. The third-order valence-corrected chi connectivity index (χ3v) is 3.72. The molecule has 0 aliphatic carbocycles. The van der Waals surface area contributed by atoms with Crippen LogP contribution in [0.1, 0.15) is 17.2 Å². The molecule has 0 radical (unpaired) electrons. The summed E-state index contributed by atoms with van der Waals surface area (Å²) in [4.78, 5) is 0. The maximum atomic E-state index is 13.9. The van der Waals surface area contributed by atoms with Crippen molar-refractivity contribution in [1.29, 1.82) is 0 Å². The van der Waals surface area contributed by atoms with Crippen LogP contribution < -0.4 is 4.74 Å². The Balaban J connectivity index is 2.44. The summed E-state index contributed by atoms with van der Waals surface area (Å²) in [5.74, 6) is 0.0811. The molecule has 2 nitrogen and oxygen atoms in total. The van der Waals surface area contributed by atoms with Crippen molar-refractivity contribution < 1.29 is 14.2 Å². The maximum absolute atomic E-state index is 13.9. The van der Waals surface area contributed by atoms with Crippen molar-refractivity contribution >= 4 is 27.5 Å². The largest absolute Gasteiger partial charge is 0.497 e. The predicted octanol–water partition coefficient (Wildman–Crippen LogP) is 4.33. The second kappa shape index (κ2) is 5.90. The molecule has 1 unspecified atom stereocenters. The normalized spacial score (nSPS) is 12.3. The standard InChI is InChI=1S/C14H11BrClFO2/c1-19-8-5-6-9(12(16)7-8)14(18)10-3-2-4-11(15)13(10)17/h2-7,14,18H,1H3. The molecule has 2 rings (SSSR count). The molecule has 2 aromatic carbocycles. The first-order chi connectivity index (χ1) is 9.04. The zero-order valence-electron chi connectivity index (χ0n) is 10.0. The second-order valence-electron chi connectivity index (χ2n) is 3.93. The number of benzene rings is 2. The minimum Gasteiger partial charge on any atom is -0.497 e. The topological polar surface area (TPSA) is 29.5 Å². The lowest BCUT2D eigenvalue weighted by molar-refractivity contribution is 0.214. The monoisotopic (exact) mass is 344 g/mol. The van der Waals surface area contributed by atoms with Gasteiger partial charge in [-0.05, 0) is 34.1 Å². The Morgan fingerprint density at radius 3 is 2.63 bits per heavy atom. The average molecular weight is 346 g/mol. The van der Waals surface area contributed by atoms with E-state index in [1.54, 1.807) is 30.3 Å².